The van der Waals surface area contributed by atoms with Crippen LogP contribution in [0, 0.1) is 0 Å². The van der Waals surface area contributed by atoms with Gasteiger partial charge in [-0.25, -0.2) is 15.0 Å². The fourth-order valence-electron chi connectivity index (χ4n) is 10.1. The summed E-state index contributed by atoms with van der Waals surface area (Å²) in [6, 6.07) is 76.4. The molecule has 0 aliphatic heterocycles. The molecular formula is C64H44N4O2. The summed E-state index contributed by atoms with van der Waals surface area (Å²) >= 11 is 0. The summed E-state index contributed by atoms with van der Waals surface area (Å²) in [6.07, 6.45) is 1.25. The van der Waals surface area contributed by atoms with Gasteiger partial charge in [-0.1, -0.05) is 184 Å². The molecule has 0 spiro atoms. The lowest BCUT2D eigenvalue weighted by molar-refractivity contribution is 0.669. The van der Waals surface area contributed by atoms with Crippen LogP contribution in [0.2, 0.25) is 0 Å². The number of aromatic nitrogens is 4. The van der Waals surface area contributed by atoms with E-state index < -0.39 is 0 Å². The molecule has 0 atom stereocenters. The monoisotopic (exact) mass is 900 g/mol. The molecule has 14 rings (SSSR count). The number of rotatable bonds is 6. The third-order valence-corrected chi connectivity index (χ3v) is 13.3. The van der Waals surface area contributed by atoms with Crippen LogP contribution >= 0.6 is 0 Å². The summed E-state index contributed by atoms with van der Waals surface area (Å²) in [6.45, 7) is 4.25. The standard InChI is InChI=1S/C61H36N4O2.C3H8/c1-2-14-38(15-3-1)59-62-60(64-61(63-59)42-30-33-49-47-19-6-8-25-53(47)66-55(49)36-42)39-27-31-43(32-28-39)65-56-44-18-5-4-13-37(44)29-34-51(56)50-23-11-21-45(57(50)65)40-16-10-17-41(35-40)46-22-12-24-52-48-20-7-9-26-54(48)67-58(46)52;1-3-2/h1-36H;3H2,1-2H3. The molecule has 4 aromatic heterocycles. The maximum absolute atomic E-state index is 6.52. The van der Waals surface area contributed by atoms with Crippen molar-refractivity contribution in [3.05, 3.63) is 218 Å². The van der Waals surface area contributed by atoms with E-state index >= 15 is 0 Å². The van der Waals surface area contributed by atoms with E-state index in [0.717, 1.165) is 99.5 Å². The van der Waals surface area contributed by atoms with Gasteiger partial charge in [0.2, 0.25) is 0 Å². The molecule has 10 aromatic carbocycles. The van der Waals surface area contributed by atoms with E-state index in [1.807, 2.05) is 66.7 Å². The summed E-state index contributed by atoms with van der Waals surface area (Å²) in [4.78, 5) is 15.3. The zero-order valence-corrected chi connectivity index (χ0v) is 38.6. The Morgan fingerprint density at radius 2 is 0.843 bits per heavy atom. The lowest BCUT2D eigenvalue weighted by Gasteiger charge is -2.14. The normalized spacial score (nSPS) is 11.6. The molecule has 0 unspecified atom stereocenters. The van der Waals surface area contributed by atoms with Gasteiger partial charge in [0, 0.05) is 71.2 Å². The second-order valence-corrected chi connectivity index (χ2v) is 17.8. The first-order chi connectivity index (χ1) is 34.6. The minimum absolute atomic E-state index is 0.576. The van der Waals surface area contributed by atoms with Gasteiger partial charge in [0.05, 0.1) is 11.0 Å². The van der Waals surface area contributed by atoms with Crippen molar-refractivity contribution in [1.29, 1.82) is 0 Å². The molecule has 14 aromatic rings. The Bertz CT molecular complexity index is 4300. The van der Waals surface area contributed by atoms with Crippen molar-refractivity contribution in [2.45, 2.75) is 20.3 Å². The molecule has 6 nitrogen and oxygen atoms in total. The van der Waals surface area contributed by atoms with Crippen LogP contribution in [0.25, 0.3) is 139 Å². The Labute approximate surface area is 403 Å². The van der Waals surface area contributed by atoms with Crippen molar-refractivity contribution >= 4 is 76.5 Å². The molecule has 70 heavy (non-hydrogen) atoms. The van der Waals surface area contributed by atoms with Crippen LogP contribution in [0.4, 0.5) is 0 Å². The number of nitrogens with zero attached hydrogens (tertiary/aromatic N) is 4. The minimum Gasteiger partial charge on any atom is -0.456 e. The van der Waals surface area contributed by atoms with Gasteiger partial charge in [-0.15, -0.1) is 0 Å². The van der Waals surface area contributed by atoms with Crippen LogP contribution in [0.1, 0.15) is 20.3 Å². The Morgan fingerprint density at radius 3 is 1.60 bits per heavy atom. The number of hydrogen-bond donors (Lipinski definition) is 0. The molecule has 6 heteroatoms. The highest BCUT2D eigenvalue weighted by Crippen LogP contribution is 2.43. The van der Waals surface area contributed by atoms with E-state index in [-0.39, 0.29) is 0 Å². The fraction of sp³-hybridized carbons (Fsp3) is 0.0469. The zero-order chi connectivity index (χ0) is 46.7. The predicted octanol–water partition coefficient (Wildman–Crippen LogP) is 17.7. The lowest BCUT2D eigenvalue weighted by atomic mass is 9.96. The molecular weight excluding hydrogens is 857 g/mol. The van der Waals surface area contributed by atoms with E-state index in [1.54, 1.807) is 0 Å². The van der Waals surface area contributed by atoms with Gasteiger partial charge >= 0.3 is 0 Å². The Hall–Kier alpha value is -9.13. The summed E-state index contributed by atoms with van der Waals surface area (Å²) in [5, 5.41) is 9.13. The lowest BCUT2D eigenvalue weighted by Crippen LogP contribution is -2.01. The van der Waals surface area contributed by atoms with E-state index in [4.69, 9.17) is 23.8 Å². The van der Waals surface area contributed by atoms with Gasteiger partial charge in [0.1, 0.15) is 22.3 Å². The number of furan rings is 2. The van der Waals surface area contributed by atoms with Crippen molar-refractivity contribution in [3.63, 3.8) is 0 Å². The van der Waals surface area contributed by atoms with E-state index in [1.165, 1.54) is 28.0 Å². The van der Waals surface area contributed by atoms with Crippen LogP contribution < -0.4 is 0 Å². The van der Waals surface area contributed by atoms with Crippen molar-refractivity contribution in [2.75, 3.05) is 0 Å². The SMILES string of the molecule is CCC.c1ccc(-c2nc(-c3ccc(-n4c5c(-c6cccc(-c7cccc8c7oc7ccccc78)c6)cccc5c5ccc6ccccc6c54)cc3)nc(-c3ccc4c(c3)oc3ccccc34)n2)cc1. The number of fused-ring (bicyclic) bond motifs is 11. The molecule has 0 bridgehead atoms. The van der Waals surface area contributed by atoms with E-state index in [0.29, 0.717) is 17.5 Å². The third-order valence-electron chi connectivity index (χ3n) is 13.3. The second kappa shape index (κ2) is 16.9. The smallest absolute Gasteiger partial charge is 0.164 e. The molecule has 0 amide bonds. The van der Waals surface area contributed by atoms with E-state index in [9.17, 15) is 0 Å². The maximum atomic E-state index is 6.52. The van der Waals surface area contributed by atoms with Crippen LogP contribution in [-0.4, -0.2) is 19.5 Å². The third kappa shape index (κ3) is 6.83. The van der Waals surface area contributed by atoms with Crippen LogP contribution in [0.5, 0.6) is 0 Å². The molecule has 0 saturated carbocycles. The first-order valence-corrected chi connectivity index (χ1v) is 23.9. The minimum atomic E-state index is 0.576. The molecule has 0 aliphatic carbocycles. The Morgan fingerprint density at radius 1 is 0.343 bits per heavy atom. The van der Waals surface area contributed by atoms with Crippen LogP contribution in [0.3, 0.4) is 0 Å². The van der Waals surface area contributed by atoms with Crippen LogP contribution in [-0.2, 0) is 0 Å². The van der Waals surface area contributed by atoms with Gasteiger partial charge in [0.25, 0.3) is 0 Å². The molecule has 0 aliphatic rings. The largest absolute Gasteiger partial charge is 0.456 e. The predicted molar refractivity (Wildman–Crippen MR) is 289 cm³/mol. The number of para-hydroxylation sites is 4. The fourth-order valence-corrected chi connectivity index (χ4v) is 10.1. The van der Waals surface area contributed by atoms with Gasteiger partial charge in [0.15, 0.2) is 17.5 Å². The van der Waals surface area contributed by atoms with Gasteiger partial charge in [-0.3, -0.25) is 0 Å². The summed E-state index contributed by atoms with van der Waals surface area (Å²) in [5.41, 5.74) is 13.8. The average Bonchev–Trinajstić information content (AvgIpc) is 4.11. The van der Waals surface area contributed by atoms with Gasteiger partial charge in [-0.05, 0) is 71.1 Å². The summed E-state index contributed by atoms with van der Waals surface area (Å²) < 4.78 is 15.2. The first-order valence-electron chi connectivity index (χ1n) is 23.9. The van der Waals surface area contributed by atoms with Gasteiger partial charge in [-0.2, -0.15) is 0 Å². The molecule has 0 saturated heterocycles. The topological polar surface area (TPSA) is 69.9 Å². The van der Waals surface area contributed by atoms with Gasteiger partial charge < -0.3 is 13.4 Å². The highest BCUT2D eigenvalue weighted by molar-refractivity contribution is 6.21. The molecule has 0 radical (unpaired) electrons. The maximum Gasteiger partial charge on any atom is 0.164 e. The average molecular weight is 901 g/mol. The molecule has 332 valence electrons. The molecule has 4 heterocycles. The van der Waals surface area contributed by atoms with Crippen LogP contribution in [0.15, 0.2) is 227 Å². The number of benzene rings is 10. The van der Waals surface area contributed by atoms with Crippen molar-refractivity contribution in [3.8, 4) is 62.1 Å². The van der Waals surface area contributed by atoms with Crippen molar-refractivity contribution < 1.29 is 8.83 Å². The second-order valence-electron chi connectivity index (χ2n) is 17.8. The highest BCUT2D eigenvalue weighted by atomic mass is 16.3. The van der Waals surface area contributed by atoms with Crippen molar-refractivity contribution in [1.82, 2.24) is 19.5 Å². The molecule has 0 N–H and O–H groups in total. The first kappa shape index (κ1) is 41.1. The number of hydrogen-bond acceptors (Lipinski definition) is 5. The molecule has 0 fully saturated rings. The zero-order valence-electron chi connectivity index (χ0n) is 38.6. The summed E-state index contributed by atoms with van der Waals surface area (Å²) in [7, 11) is 0. The summed E-state index contributed by atoms with van der Waals surface area (Å²) in [5.74, 6) is 1.77. The van der Waals surface area contributed by atoms with E-state index in [2.05, 4.69) is 170 Å². The van der Waals surface area contributed by atoms with Crippen molar-refractivity contribution in [2.24, 2.45) is 0 Å². The Kier molecular flexibility index (Phi) is 9.91. The Balaban J connectivity index is 0.00000156. The highest BCUT2D eigenvalue weighted by Gasteiger charge is 2.21. The quantitative estimate of drug-likeness (QED) is 0.166.